The van der Waals surface area contributed by atoms with E-state index >= 15 is 0 Å². The predicted molar refractivity (Wildman–Crippen MR) is 55.2 cm³/mol. The molecule has 5 nitrogen and oxygen atoms in total. The van der Waals surface area contributed by atoms with Crippen molar-refractivity contribution < 1.29 is 9.59 Å². The molecule has 0 atom stereocenters. The van der Waals surface area contributed by atoms with Gasteiger partial charge in [-0.3, -0.25) is 9.59 Å². The summed E-state index contributed by atoms with van der Waals surface area (Å²) in [7, 11) is 0. The lowest BCUT2D eigenvalue weighted by atomic mass is 10.0. The van der Waals surface area contributed by atoms with Crippen LogP contribution in [0.25, 0.3) is 0 Å². The van der Waals surface area contributed by atoms with Crippen LogP contribution in [-0.2, 0) is 9.59 Å². The van der Waals surface area contributed by atoms with E-state index in [1.54, 1.807) is 0 Å². The standard InChI is InChI=1S/C10H17N3O2/c14-9(13-8-1-2-8)3-4-12-10(15)7-5-11-6-7/h7-8,11H,1-6H2,(H,12,15)(H,13,14). The first-order chi connectivity index (χ1) is 7.25. The van der Waals surface area contributed by atoms with Gasteiger partial charge in [-0.2, -0.15) is 0 Å². The van der Waals surface area contributed by atoms with Gasteiger partial charge >= 0.3 is 0 Å². The minimum atomic E-state index is 0.0459. The van der Waals surface area contributed by atoms with Crippen molar-refractivity contribution in [1.29, 1.82) is 0 Å². The fourth-order valence-electron chi connectivity index (χ4n) is 1.45. The maximum Gasteiger partial charge on any atom is 0.225 e. The lowest BCUT2D eigenvalue weighted by molar-refractivity contribution is -0.126. The van der Waals surface area contributed by atoms with E-state index in [1.165, 1.54) is 0 Å². The summed E-state index contributed by atoms with van der Waals surface area (Å²) in [5.41, 5.74) is 0. The zero-order valence-corrected chi connectivity index (χ0v) is 8.71. The highest BCUT2D eigenvalue weighted by Gasteiger charge is 2.25. The van der Waals surface area contributed by atoms with E-state index < -0.39 is 0 Å². The lowest BCUT2D eigenvalue weighted by Gasteiger charge is -2.25. The molecule has 1 aliphatic heterocycles. The number of hydrogen-bond donors (Lipinski definition) is 3. The Balaban J connectivity index is 1.53. The van der Waals surface area contributed by atoms with E-state index in [0.717, 1.165) is 25.9 Å². The molecule has 0 radical (unpaired) electrons. The Morgan fingerprint density at radius 1 is 1.27 bits per heavy atom. The number of hydrogen-bond acceptors (Lipinski definition) is 3. The van der Waals surface area contributed by atoms with Crippen molar-refractivity contribution in [2.24, 2.45) is 5.92 Å². The Labute approximate surface area is 89.0 Å². The number of carbonyl (C=O) groups excluding carboxylic acids is 2. The second-order valence-corrected chi connectivity index (χ2v) is 4.24. The van der Waals surface area contributed by atoms with Crippen molar-refractivity contribution in [1.82, 2.24) is 16.0 Å². The van der Waals surface area contributed by atoms with Gasteiger partial charge in [-0.15, -0.1) is 0 Å². The highest BCUT2D eigenvalue weighted by atomic mass is 16.2. The van der Waals surface area contributed by atoms with E-state index in [2.05, 4.69) is 16.0 Å². The Morgan fingerprint density at radius 3 is 2.53 bits per heavy atom. The summed E-state index contributed by atoms with van der Waals surface area (Å²) < 4.78 is 0. The van der Waals surface area contributed by atoms with Gasteiger partial charge in [0.1, 0.15) is 0 Å². The van der Waals surface area contributed by atoms with E-state index in [9.17, 15) is 9.59 Å². The molecular weight excluding hydrogens is 194 g/mol. The van der Waals surface area contributed by atoms with Crippen LogP contribution in [0.2, 0.25) is 0 Å². The lowest BCUT2D eigenvalue weighted by Crippen LogP contribution is -2.51. The van der Waals surface area contributed by atoms with Crippen LogP contribution in [0.4, 0.5) is 0 Å². The third kappa shape index (κ3) is 3.20. The molecule has 84 valence electrons. The molecular formula is C10H17N3O2. The Kier molecular flexibility index (Phi) is 3.20. The summed E-state index contributed by atoms with van der Waals surface area (Å²) >= 11 is 0. The zero-order chi connectivity index (χ0) is 10.7. The van der Waals surface area contributed by atoms with Crippen molar-refractivity contribution in [3.05, 3.63) is 0 Å². The summed E-state index contributed by atoms with van der Waals surface area (Å²) in [5.74, 6) is 0.217. The molecule has 1 saturated carbocycles. The van der Waals surface area contributed by atoms with Crippen molar-refractivity contribution in [3.63, 3.8) is 0 Å². The third-order valence-electron chi connectivity index (χ3n) is 2.75. The minimum Gasteiger partial charge on any atom is -0.355 e. The summed E-state index contributed by atoms with van der Waals surface area (Å²) in [5, 5.41) is 8.69. The number of nitrogens with one attached hydrogen (secondary N) is 3. The average molecular weight is 211 g/mol. The molecule has 0 aromatic carbocycles. The van der Waals surface area contributed by atoms with Crippen molar-refractivity contribution >= 4 is 11.8 Å². The van der Waals surface area contributed by atoms with Crippen LogP contribution in [-0.4, -0.2) is 37.5 Å². The third-order valence-corrected chi connectivity index (χ3v) is 2.75. The molecule has 2 fully saturated rings. The first-order valence-corrected chi connectivity index (χ1v) is 5.53. The number of carbonyl (C=O) groups is 2. The molecule has 5 heteroatoms. The van der Waals surface area contributed by atoms with Crippen LogP contribution in [0.1, 0.15) is 19.3 Å². The first kappa shape index (κ1) is 10.4. The Hall–Kier alpha value is -1.10. The van der Waals surface area contributed by atoms with Gasteiger partial charge in [0.05, 0.1) is 5.92 Å². The predicted octanol–water partition coefficient (Wildman–Crippen LogP) is -1.01. The quantitative estimate of drug-likeness (QED) is 0.546. The monoisotopic (exact) mass is 211 g/mol. The summed E-state index contributed by atoms with van der Waals surface area (Å²) in [4.78, 5) is 22.6. The van der Waals surface area contributed by atoms with E-state index in [0.29, 0.717) is 19.0 Å². The fraction of sp³-hybridized carbons (Fsp3) is 0.800. The van der Waals surface area contributed by atoms with E-state index in [4.69, 9.17) is 0 Å². The van der Waals surface area contributed by atoms with Crippen molar-refractivity contribution in [2.45, 2.75) is 25.3 Å². The largest absolute Gasteiger partial charge is 0.355 e. The molecule has 1 heterocycles. The van der Waals surface area contributed by atoms with Crippen LogP contribution >= 0.6 is 0 Å². The average Bonchev–Trinajstić information content (AvgIpc) is 2.84. The molecule has 1 aliphatic carbocycles. The van der Waals surface area contributed by atoms with Gasteiger partial charge in [0.25, 0.3) is 0 Å². The second-order valence-electron chi connectivity index (χ2n) is 4.24. The summed E-state index contributed by atoms with van der Waals surface area (Å²) in [6.45, 7) is 1.98. The normalized spacial score (nSPS) is 20.5. The molecule has 15 heavy (non-hydrogen) atoms. The van der Waals surface area contributed by atoms with Crippen LogP contribution in [0.3, 0.4) is 0 Å². The van der Waals surface area contributed by atoms with Crippen LogP contribution in [0.5, 0.6) is 0 Å². The molecule has 0 spiro atoms. The fourth-order valence-corrected chi connectivity index (χ4v) is 1.45. The molecule has 0 aromatic rings. The smallest absolute Gasteiger partial charge is 0.225 e. The molecule has 0 aromatic heterocycles. The van der Waals surface area contributed by atoms with Gasteiger partial charge in [0, 0.05) is 32.1 Å². The van der Waals surface area contributed by atoms with Gasteiger partial charge in [0.15, 0.2) is 0 Å². The molecule has 3 N–H and O–H groups in total. The second kappa shape index (κ2) is 4.61. The topological polar surface area (TPSA) is 70.2 Å². The number of amides is 2. The molecule has 2 aliphatic rings. The van der Waals surface area contributed by atoms with Gasteiger partial charge in [-0.25, -0.2) is 0 Å². The van der Waals surface area contributed by atoms with Gasteiger partial charge in [0.2, 0.25) is 11.8 Å². The van der Waals surface area contributed by atoms with Crippen molar-refractivity contribution in [2.75, 3.05) is 19.6 Å². The highest BCUT2D eigenvalue weighted by molar-refractivity contribution is 5.81. The maximum atomic E-state index is 11.4. The Bertz CT molecular complexity index is 259. The van der Waals surface area contributed by atoms with E-state index in [1.807, 2.05) is 0 Å². The van der Waals surface area contributed by atoms with Gasteiger partial charge < -0.3 is 16.0 Å². The van der Waals surface area contributed by atoms with Gasteiger partial charge in [-0.1, -0.05) is 0 Å². The SMILES string of the molecule is O=C(CCNC(=O)C1CNC1)NC1CC1. The summed E-state index contributed by atoms with van der Waals surface area (Å²) in [6.07, 6.45) is 2.60. The van der Waals surface area contributed by atoms with Crippen LogP contribution in [0.15, 0.2) is 0 Å². The van der Waals surface area contributed by atoms with Crippen LogP contribution in [0, 0.1) is 5.92 Å². The minimum absolute atomic E-state index is 0.0459. The van der Waals surface area contributed by atoms with Crippen LogP contribution < -0.4 is 16.0 Å². The van der Waals surface area contributed by atoms with Crippen molar-refractivity contribution in [3.8, 4) is 0 Å². The molecule has 2 amide bonds. The van der Waals surface area contributed by atoms with E-state index in [-0.39, 0.29) is 17.7 Å². The Morgan fingerprint density at radius 2 is 2.00 bits per heavy atom. The molecule has 2 rings (SSSR count). The molecule has 0 bridgehead atoms. The summed E-state index contributed by atoms with van der Waals surface area (Å²) in [6, 6.07) is 0.407. The maximum absolute atomic E-state index is 11.4. The first-order valence-electron chi connectivity index (χ1n) is 5.53. The molecule has 1 saturated heterocycles. The highest BCUT2D eigenvalue weighted by Crippen LogP contribution is 2.18. The number of rotatable bonds is 5. The molecule has 0 unspecified atom stereocenters. The zero-order valence-electron chi connectivity index (χ0n) is 8.71. The van der Waals surface area contributed by atoms with Gasteiger partial charge in [-0.05, 0) is 12.8 Å².